The molecule has 0 radical (unpaired) electrons. The van der Waals surface area contributed by atoms with E-state index < -0.39 is 0 Å². The Morgan fingerprint density at radius 2 is 2.22 bits per heavy atom. The van der Waals surface area contributed by atoms with Crippen molar-refractivity contribution in [3.05, 3.63) is 17.8 Å². The van der Waals surface area contributed by atoms with Gasteiger partial charge in [-0.05, 0) is 46.4 Å². The molecule has 1 aliphatic heterocycles. The Morgan fingerprint density at radius 3 is 2.83 bits per heavy atom. The van der Waals surface area contributed by atoms with E-state index in [1.54, 1.807) is 0 Å². The average Bonchev–Trinajstić information content (AvgIpc) is 2.87. The van der Waals surface area contributed by atoms with Gasteiger partial charge in [-0.1, -0.05) is 6.92 Å². The fourth-order valence-electron chi connectivity index (χ4n) is 2.51. The monoisotopic (exact) mass is 251 g/mol. The molecule has 1 aromatic rings. The van der Waals surface area contributed by atoms with Crippen LogP contribution in [-0.2, 0) is 6.42 Å². The van der Waals surface area contributed by atoms with E-state index in [9.17, 15) is 0 Å². The Hall–Kier alpha value is -0.870. The van der Waals surface area contributed by atoms with Gasteiger partial charge < -0.3 is 14.6 Å². The molecule has 0 saturated carbocycles. The number of likely N-dealkylation sites (tertiary alicyclic amines) is 1. The van der Waals surface area contributed by atoms with Crippen LogP contribution in [-0.4, -0.2) is 42.6 Å². The SMILES string of the molecule is CCN1CCC(c2ncc(CC(C)NC)o2)CC1. The van der Waals surface area contributed by atoms with Gasteiger partial charge in [0.05, 0.1) is 6.20 Å². The van der Waals surface area contributed by atoms with Crippen molar-refractivity contribution >= 4 is 0 Å². The van der Waals surface area contributed by atoms with Crippen molar-refractivity contribution < 1.29 is 4.42 Å². The van der Waals surface area contributed by atoms with Gasteiger partial charge in [0, 0.05) is 18.4 Å². The van der Waals surface area contributed by atoms with Gasteiger partial charge >= 0.3 is 0 Å². The first-order chi connectivity index (χ1) is 8.72. The molecule has 4 heteroatoms. The van der Waals surface area contributed by atoms with Crippen molar-refractivity contribution in [2.75, 3.05) is 26.7 Å². The molecule has 1 N–H and O–H groups in total. The molecule has 1 aliphatic rings. The summed E-state index contributed by atoms with van der Waals surface area (Å²) in [4.78, 5) is 6.95. The highest BCUT2D eigenvalue weighted by molar-refractivity contribution is 5.02. The van der Waals surface area contributed by atoms with Crippen molar-refractivity contribution in [2.24, 2.45) is 0 Å². The normalized spacial score (nSPS) is 20.2. The van der Waals surface area contributed by atoms with Crippen LogP contribution in [0.3, 0.4) is 0 Å². The lowest BCUT2D eigenvalue weighted by Crippen LogP contribution is -2.32. The molecule has 102 valence electrons. The zero-order valence-electron chi connectivity index (χ0n) is 11.8. The molecule has 0 bridgehead atoms. The third-order valence-corrected chi connectivity index (χ3v) is 3.96. The second kappa shape index (κ2) is 6.34. The molecule has 0 spiro atoms. The largest absolute Gasteiger partial charge is 0.445 e. The van der Waals surface area contributed by atoms with E-state index in [4.69, 9.17) is 4.42 Å². The first-order valence-corrected chi connectivity index (χ1v) is 7.07. The number of oxazole rings is 1. The molecule has 0 amide bonds. The minimum atomic E-state index is 0.438. The molecule has 1 aromatic heterocycles. The van der Waals surface area contributed by atoms with Crippen molar-refractivity contribution in [2.45, 2.75) is 45.1 Å². The van der Waals surface area contributed by atoms with Crippen molar-refractivity contribution in [1.82, 2.24) is 15.2 Å². The highest BCUT2D eigenvalue weighted by Gasteiger charge is 2.23. The second-order valence-electron chi connectivity index (χ2n) is 5.27. The second-order valence-corrected chi connectivity index (χ2v) is 5.27. The van der Waals surface area contributed by atoms with Crippen LogP contribution in [0.5, 0.6) is 0 Å². The van der Waals surface area contributed by atoms with Gasteiger partial charge in [-0.2, -0.15) is 0 Å². The minimum absolute atomic E-state index is 0.438. The van der Waals surface area contributed by atoms with Crippen LogP contribution in [0.25, 0.3) is 0 Å². The third kappa shape index (κ3) is 3.33. The number of rotatable bonds is 5. The van der Waals surface area contributed by atoms with Crippen LogP contribution in [0.2, 0.25) is 0 Å². The highest BCUT2D eigenvalue weighted by atomic mass is 16.4. The fourth-order valence-corrected chi connectivity index (χ4v) is 2.51. The highest BCUT2D eigenvalue weighted by Crippen LogP contribution is 2.27. The summed E-state index contributed by atoms with van der Waals surface area (Å²) in [6.07, 6.45) is 5.16. The molecule has 0 aliphatic carbocycles. The molecule has 18 heavy (non-hydrogen) atoms. The summed E-state index contributed by atoms with van der Waals surface area (Å²) < 4.78 is 5.89. The van der Waals surface area contributed by atoms with Crippen LogP contribution in [0.1, 0.15) is 44.3 Å². The standard InChI is InChI=1S/C14H25N3O/c1-4-17-7-5-12(6-8-17)14-16-10-13(18-14)9-11(2)15-3/h10-12,15H,4-9H2,1-3H3. The first kappa shape index (κ1) is 13.6. The van der Waals surface area contributed by atoms with Gasteiger partial charge in [0.1, 0.15) is 5.76 Å². The van der Waals surface area contributed by atoms with Gasteiger partial charge in [0.25, 0.3) is 0 Å². The number of piperidine rings is 1. The summed E-state index contributed by atoms with van der Waals surface area (Å²) >= 11 is 0. The summed E-state index contributed by atoms with van der Waals surface area (Å²) in [7, 11) is 1.97. The summed E-state index contributed by atoms with van der Waals surface area (Å²) in [5.74, 6) is 2.47. The molecule has 4 nitrogen and oxygen atoms in total. The zero-order valence-corrected chi connectivity index (χ0v) is 11.8. The number of hydrogen-bond acceptors (Lipinski definition) is 4. The number of nitrogens with zero attached hydrogens (tertiary/aromatic N) is 2. The topological polar surface area (TPSA) is 41.3 Å². The number of hydrogen-bond donors (Lipinski definition) is 1. The smallest absolute Gasteiger partial charge is 0.197 e. The summed E-state index contributed by atoms with van der Waals surface area (Å²) in [6, 6.07) is 0.438. The Kier molecular flexibility index (Phi) is 4.78. The van der Waals surface area contributed by atoms with Crippen LogP contribution < -0.4 is 5.32 Å². The average molecular weight is 251 g/mol. The molecule has 2 heterocycles. The summed E-state index contributed by atoms with van der Waals surface area (Å²) in [5.41, 5.74) is 0. The molecule has 0 aromatic carbocycles. The Balaban J connectivity index is 1.90. The van der Waals surface area contributed by atoms with Crippen LogP contribution in [0.4, 0.5) is 0 Å². The predicted molar refractivity (Wildman–Crippen MR) is 72.8 cm³/mol. The lowest BCUT2D eigenvalue weighted by atomic mass is 9.97. The Morgan fingerprint density at radius 1 is 1.50 bits per heavy atom. The molecule has 1 unspecified atom stereocenters. The van der Waals surface area contributed by atoms with Crippen LogP contribution in [0, 0.1) is 0 Å². The lowest BCUT2D eigenvalue weighted by Gasteiger charge is -2.29. The minimum Gasteiger partial charge on any atom is -0.445 e. The van der Waals surface area contributed by atoms with Gasteiger partial charge in [-0.15, -0.1) is 0 Å². The lowest BCUT2D eigenvalue weighted by molar-refractivity contribution is 0.207. The Labute approximate surface area is 110 Å². The summed E-state index contributed by atoms with van der Waals surface area (Å²) in [5, 5.41) is 3.22. The maximum atomic E-state index is 5.89. The van der Waals surface area contributed by atoms with E-state index >= 15 is 0 Å². The van der Waals surface area contributed by atoms with Crippen molar-refractivity contribution in [1.29, 1.82) is 0 Å². The van der Waals surface area contributed by atoms with E-state index in [0.29, 0.717) is 12.0 Å². The van der Waals surface area contributed by atoms with Crippen LogP contribution in [0.15, 0.2) is 10.6 Å². The molecular weight excluding hydrogens is 226 g/mol. The van der Waals surface area contributed by atoms with Gasteiger partial charge in [0.2, 0.25) is 0 Å². The van der Waals surface area contributed by atoms with Crippen LogP contribution >= 0.6 is 0 Å². The Bertz CT molecular complexity index is 356. The molecule has 1 fully saturated rings. The van der Waals surface area contributed by atoms with E-state index in [-0.39, 0.29) is 0 Å². The molecule has 2 rings (SSSR count). The zero-order chi connectivity index (χ0) is 13.0. The van der Waals surface area contributed by atoms with E-state index in [1.807, 2.05) is 13.2 Å². The first-order valence-electron chi connectivity index (χ1n) is 7.07. The molecule has 1 atom stereocenters. The molecule has 1 saturated heterocycles. The van der Waals surface area contributed by atoms with E-state index in [0.717, 1.165) is 24.6 Å². The van der Waals surface area contributed by atoms with Gasteiger partial charge in [-0.25, -0.2) is 4.98 Å². The summed E-state index contributed by atoms with van der Waals surface area (Å²) in [6.45, 7) is 7.88. The van der Waals surface area contributed by atoms with Crippen molar-refractivity contribution in [3.8, 4) is 0 Å². The number of aromatic nitrogens is 1. The third-order valence-electron chi connectivity index (χ3n) is 3.96. The fraction of sp³-hybridized carbons (Fsp3) is 0.786. The quantitative estimate of drug-likeness (QED) is 0.869. The van der Waals surface area contributed by atoms with Gasteiger partial charge in [0.15, 0.2) is 5.89 Å². The maximum absolute atomic E-state index is 5.89. The maximum Gasteiger partial charge on any atom is 0.197 e. The predicted octanol–water partition coefficient (Wildman–Crippen LogP) is 2.02. The van der Waals surface area contributed by atoms with E-state index in [1.165, 1.54) is 25.9 Å². The van der Waals surface area contributed by atoms with E-state index in [2.05, 4.69) is 29.0 Å². The van der Waals surface area contributed by atoms with Gasteiger partial charge in [-0.3, -0.25) is 0 Å². The number of nitrogens with one attached hydrogen (secondary N) is 1. The molecular formula is C14H25N3O. The number of likely N-dealkylation sites (N-methyl/N-ethyl adjacent to an activating group) is 1. The van der Waals surface area contributed by atoms with Crippen molar-refractivity contribution in [3.63, 3.8) is 0 Å².